The molecule has 0 unspecified atom stereocenters. The van der Waals surface area contributed by atoms with Gasteiger partial charge in [0.15, 0.2) is 5.11 Å². The van der Waals surface area contributed by atoms with E-state index in [0.29, 0.717) is 11.3 Å². The summed E-state index contributed by atoms with van der Waals surface area (Å²) in [6.45, 7) is 12.5. The summed E-state index contributed by atoms with van der Waals surface area (Å²) >= 11 is 5.11. The second kappa shape index (κ2) is 8.44. The SMILES string of the molecule is CC(C)(C)c1cc(C=NN(C(N)=S)c2ccc(C(=O)O)cc2)c(O)c(C(C)(C)C)c1. The third-order valence-electron chi connectivity index (χ3n) is 4.69. The number of nitrogens with two attached hydrogens (primary N) is 1. The minimum atomic E-state index is -1.02. The molecule has 7 heteroatoms. The van der Waals surface area contributed by atoms with Gasteiger partial charge in [0.25, 0.3) is 0 Å². The van der Waals surface area contributed by atoms with Crippen LogP contribution in [0.5, 0.6) is 5.75 Å². The summed E-state index contributed by atoms with van der Waals surface area (Å²) in [6, 6.07) is 9.99. The Morgan fingerprint density at radius 3 is 2.07 bits per heavy atom. The van der Waals surface area contributed by atoms with Crippen LogP contribution in [0, 0.1) is 0 Å². The highest BCUT2D eigenvalue weighted by molar-refractivity contribution is 7.80. The monoisotopic (exact) mass is 427 g/mol. The van der Waals surface area contributed by atoms with Gasteiger partial charge in [0.05, 0.1) is 17.5 Å². The standard InChI is InChI=1S/C23H29N3O3S/c1-22(2,3)16-11-15(19(27)18(12-16)23(4,5)6)13-25-26(21(24)30)17-9-7-14(8-10-17)20(28)29/h7-13,27H,1-6H3,(H2,24,30)(H,28,29). The van der Waals surface area contributed by atoms with Gasteiger partial charge in [-0.1, -0.05) is 47.6 Å². The van der Waals surface area contributed by atoms with Crippen molar-refractivity contribution in [2.75, 3.05) is 5.01 Å². The molecule has 2 aromatic carbocycles. The molecule has 0 bridgehead atoms. The average Bonchev–Trinajstić information content (AvgIpc) is 2.61. The zero-order valence-electron chi connectivity index (χ0n) is 18.2. The van der Waals surface area contributed by atoms with E-state index < -0.39 is 5.97 Å². The third-order valence-corrected chi connectivity index (χ3v) is 4.87. The Morgan fingerprint density at radius 1 is 1.07 bits per heavy atom. The van der Waals surface area contributed by atoms with Crippen molar-refractivity contribution in [2.24, 2.45) is 10.8 Å². The molecule has 160 valence electrons. The van der Waals surface area contributed by atoms with Crippen molar-refractivity contribution >= 4 is 35.2 Å². The number of carbonyl (C=O) groups is 1. The predicted octanol–water partition coefficient (Wildman–Crippen LogP) is 4.77. The lowest BCUT2D eigenvalue weighted by atomic mass is 9.79. The number of thiocarbonyl (C=S) groups is 1. The Bertz CT molecular complexity index is 984. The van der Waals surface area contributed by atoms with Crippen molar-refractivity contribution in [1.82, 2.24) is 0 Å². The van der Waals surface area contributed by atoms with Crippen molar-refractivity contribution in [3.63, 3.8) is 0 Å². The molecule has 0 saturated heterocycles. The first kappa shape index (κ1) is 23.3. The summed E-state index contributed by atoms with van der Waals surface area (Å²) in [5, 5.41) is 25.7. The Hall–Kier alpha value is -2.93. The number of carboxylic acid groups (broad SMARTS) is 1. The summed E-state index contributed by atoms with van der Waals surface area (Å²) in [5.74, 6) is -0.867. The molecule has 0 spiro atoms. The number of hydrazone groups is 1. The Morgan fingerprint density at radius 2 is 1.63 bits per heavy atom. The number of anilines is 1. The van der Waals surface area contributed by atoms with E-state index in [-0.39, 0.29) is 27.3 Å². The number of nitrogens with zero attached hydrogens (tertiary/aromatic N) is 2. The largest absolute Gasteiger partial charge is 0.507 e. The van der Waals surface area contributed by atoms with Crippen LogP contribution in [-0.4, -0.2) is 27.5 Å². The maximum atomic E-state index is 11.1. The normalized spacial score (nSPS) is 12.2. The van der Waals surface area contributed by atoms with E-state index in [9.17, 15) is 9.90 Å². The first-order valence-electron chi connectivity index (χ1n) is 9.56. The lowest BCUT2D eigenvalue weighted by molar-refractivity contribution is 0.0697. The van der Waals surface area contributed by atoms with Gasteiger partial charge in [-0.15, -0.1) is 0 Å². The minimum Gasteiger partial charge on any atom is -0.507 e. The highest BCUT2D eigenvalue weighted by Crippen LogP contribution is 2.37. The molecule has 0 amide bonds. The van der Waals surface area contributed by atoms with Crippen molar-refractivity contribution < 1.29 is 15.0 Å². The Labute approximate surface area is 183 Å². The fourth-order valence-corrected chi connectivity index (χ4v) is 3.03. The number of hydrogen-bond donors (Lipinski definition) is 3. The van der Waals surface area contributed by atoms with Gasteiger partial charge in [0.2, 0.25) is 0 Å². The lowest BCUT2D eigenvalue weighted by Crippen LogP contribution is -2.31. The maximum Gasteiger partial charge on any atom is 0.335 e. The number of aromatic hydroxyl groups is 1. The van der Waals surface area contributed by atoms with E-state index in [1.54, 1.807) is 12.1 Å². The van der Waals surface area contributed by atoms with Gasteiger partial charge in [-0.3, -0.25) is 0 Å². The highest BCUT2D eigenvalue weighted by atomic mass is 32.1. The van der Waals surface area contributed by atoms with Crippen LogP contribution in [0.3, 0.4) is 0 Å². The van der Waals surface area contributed by atoms with Gasteiger partial charge >= 0.3 is 5.97 Å². The molecule has 2 aromatic rings. The van der Waals surface area contributed by atoms with Gasteiger partial charge in [0, 0.05) is 11.1 Å². The maximum absolute atomic E-state index is 11.1. The summed E-state index contributed by atoms with van der Waals surface area (Å²) in [6.07, 6.45) is 1.52. The topological polar surface area (TPSA) is 99.2 Å². The molecule has 0 aliphatic rings. The van der Waals surface area contributed by atoms with Gasteiger partial charge in [-0.25, -0.2) is 9.80 Å². The molecular weight excluding hydrogens is 398 g/mol. The quantitative estimate of drug-likeness (QED) is 0.369. The molecule has 4 N–H and O–H groups in total. The summed E-state index contributed by atoms with van der Waals surface area (Å²) in [7, 11) is 0. The fraction of sp³-hybridized carbons (Fsp3) is 0.348. The van der Waals surface area contributed by atoms with Crippen LogP contribution in [0.4, 0.5) is 5.69 Å². The van der Waals surface area contributed by atoms with E-state index >= 15 is 0 Å². The first-order chi connectivity index (χ1) is 13.7. The van der Waals surface area contributed by atoms with Gasteiger partial charge in [-0.05, 0) is 58.9 Å². The minimum absolute atomic E-state index is 0.00293. The van der Waals surface area contributed by atoms with Crippen LogP contribution in [0.15, 0.2) is 41.5 Å². The lowest BCUT2D eigenvalue weighted by Gasteiger charge is -2.27. The number of carboxylic acids is 1. The molecule has 30 heavy (non-hydrogen) atoms. The van der Waals surface area contributed by atoms with Crippen LogP contribution in [-0.2, 0) is 10.8 Å². The average molecular weight is 428 g/mol. The highest BCUT2D eigenvalue weighted by Gasteiger charge is 2.24. The smallest absolute Gasteiger partial charge is 0.335 e. The van der Waals surface area contributed by atoms with E-state index in [4.69, 9.17) is 23.1 Å². The molecule has 0 radical (unpaired) electrons. The molecule has 0 atom stereocenters. The van der Waals surface area contributed by atoms with Crippen molar-refractivity contribution in [3.8, 4) is 5.75 Å². The predicted molar refractivity (Wildman–Crippen MR) is 126 cm³/mol. The molecule has 6 nitrogen and oxygen atoms in total. The van der Waals surface area contributed by atoms with Crippen molar-refractivity contribution in [2.45, 2.75) is 52.4 Å². The van der Waals surface area contributed by atoms with Gasteiger partial charge in [-0.2, -0.15) is 5.10 Å². The van der Waals surface area contributed by atoms with Crippen LogP contribution in [0.2, 0.25) is 0 Å². The molecule has 0 aromatic heterocycles. The molecule has 0 aliphatic heterocycles. The third kappa shape index (κ3) is 5.36. The van der Waals surface area contributed by atoms with E-state index in [0.717, 1.165) is 11.1 Å². The molecule has 2 rings (SSSR count). The van der Waals surface area contributed by atoms with E-state index in [1.165, 1.54) is 23.4 Å². The van der Waals surface area contributed by atoms with Gasteiger partial charge in [0.1, 0.15) is 5.75 Å². The fourth-order valence-electron chi connectivity index (χ4n) is 2.88. The zero-order valence-corrected chi connectivity index (χ0v) is 19.0. The number of phenolic OH excluding ortho intramolecular Hbond substituents is 1. The number of hydrogen-bond acceptors (Lipinski definition) is 4. The molecule has 0 fully saturated rings. The molecule has 0 aliphatic carbocycles. The molecule has 0 heterocycles. The number of phenols is 1. The molecule has 0 saturated carbocycles. The van der Waals surface area contributed by atoms with E-state index in [2.05, 4.69) is 25.9 Å². The second-order valence-corrected chi connectivity index (χ2v) is 9.63. The van der Waals surface area contributed by atoms with Crippen LogP contribution < -0.4 is 10.7 Å². The number of rotatable bonds is 4. The van der Waals surface area contributed by atoms with Gasteiger partial charge < -0.3 is 15.9 Å². The summed E-state index contributed by atoms with van der Waals surface area (Å²) in [4.78, 5) is 11.1. The number of aromatic carboxylic acids is 1. The Balaban J connectivity index is 2.54. The van der Waals surface area contributed by atoms with Crippen LogP contribution in [0.25, 0.3) is 0 Å². The second-order valence-electron chi connectivity index (χ2n) is 9.21. The zero-order chi connectivity index (χ0) is 22.9. The summed E-state index contributed by atoms with van der Waals surface area (Å²) < 4.78 is 0. The summed E-state index contributed by atoms with van der Waals surface area (Å²) in [5.41, 5.74) is 8.56. The molecular formula is C23H29N3O3S. The number of benzene rings is 2. The van der Waals surface area contributed by atoms with Crippen LogP contribution in [0.1, 0.15) is 68.6 Å². The van der Waals surface area contributed by atoms with Crippen molar-refractivity contribution in [3.05, 3.63) is 58.7 Å². The van der Waals surface area contributed by atoms with E-state index in [1.807, 2.05) is 32.9 Å². The Kier molecular flexibility index (Phi) is 6.57. The van der Waals surface area contributed by atoms with Crippen molar-refractivity contribution in [1.29, 1.82) is 0 Å². The first-order valence-corrected chi connectivity index (χ1v) is 9.97. The van der Waals surface area contributed by atoms with Crippen LogP contribution >= 0.6 is 12.2 Å².